The second-order valence-electron chi connectivity index (χ2n) is 4.04. The summed E-state index contributed by atoms with van der Waals surface area (Å²) in [5.74, 6) is 0.224. The fourth-order valence-corrected chi connectivity index (χ4v) is 1.87. The van der Waals surface area contributed by atoms with Gasteiger partial charge < -0.3 is 10.5 Å². The molecule has 0 amide bonds. The molecular formula is C14H21NO2. The number of esters is 1. The number of benzene rings is 1. The monoisotopic (exact) mass is 235 g/mol. The minimum atomic E-state index is -0.115. The predicted octanol–water partition coefficient (Wildman–Crippen LogP) is 2.46. The molecule has 0 aliphatic heterocycles. The van der Waals surface area contributed by atoms with Gasteiger partial charge in [0.1, 0.15) is 0 Å². The summed E-state index contributed by atoms with van der Waals surface area (Å²) in [6.07, 6.45) is 2.24. The molecule has 0 heterocycles. The number of rotatable bonds is 7. The number of carbonyl (C=O) groups is 1. The Hall–Kier alpha value is -1.35. The van der Waals surface area contributed by atoms with E-state index in [9.17, 15) is 4.79 Å². The summed E-state index contributed by atoms with van der Waals surface area (Å²) in [5, 5.41) is 0. The normalized spacial score (nSPS) is 12.1. The van der Waals surface area contributed by atoms with Gasteiger partial charge in [-0.05, 0) is 37.8 Å². The molecule has 17 heavy (non-hydrogen) atoms. The maximum atomic E-state index is 11.2. The van der Waals surface area contributed by atoms with E-state index in [1.807, 2.05) is 25.1 Å². The van der Waals surface area contributed by atoms with E-state index in [-0.39, 0.29) is 5.97 Å². The molecule has 3 nitrogen and oxygen atoms in total. The van der Waals surface area contributed by atoms with Crippen molar-refractivity contribution in [2.75, 3.05) is 13.2 Å². The number of hydrogen-bond acceptors (Lipinski definition) is 3. The molecule has 94 valence electrons. The second-order valence-corrected chi connectivity index (χ2v) is 4.04. The van der Waals surface area contributed by atoms with Crippen molar-refractivity contribution in [2.45, 2.75) is 32.1 Å². The van der Waals surface area contributed by atoms with Crippen LogP contribution in [0.3, 0.4) is 0 Å². The van der Waals surface area contributed by atoms with Gasteiger partial charge in [-0.15, -0.1) is 0 Å². The Morgan fingerprint density at radius 3 is 2.65 bits per heavy atom. The van der Waals surface area contributed by atoms with Crippen LogP contribution in [0.25, 0.3) is 0 Å². The van der Waals surface area contributed by atoms with Crippen molar-refractivity contribution in [2.24, 2.45) is 5.73 Å². The number of hydrogen-bond donors (Lipinski definition) is 1. The predicted molar refractivity (Wildman–Crippen MR) is 68.7 cm³/mol. The lowest BCUT2D eigenvalue weighted by Crippen LogP contribution is -2.13. The van der Waals surface area contributed by atoms with Crippen molar-refractivity contribution in [3.63, 3.8) is 0 Å². The van der Waals surface area contributed by atoms with Crippen LogP contribution < -0.4 is 5.73 Å². The van der Waals surface area contributed by atoms with Crippen LogP contribution in [0.5, 0.6) is 0 Å². The zero-order valence-corrected chi connectivity index (χ0v) is 10.4. The van der Waals surface area contributed by atoms with E-state index in [2.05, 4.69) is 12.1 Å². The molecule has 1 aromatic carbocycles. The first kappa shape index (κ1) is 13.7. The molecule has 0 bridgehead atoms. The Balaban J connectivity index is 2.36. The number of nitrogens with two attached hydrogens (primary N) is 1. The third-order valence-corrected chi connectivity index (χ3v) is 2.79. The van der Waals surface area contributed by atoms with Crippen LogP contribution in [-0.4, -0.2) is 19.1 Å². The van der Waals surface area contributed by atoms with Crippen LogP contribution in [0.4, 0.5) is 0 Å². The van der Waals surface area contributed by atoms with E-state index in [0.29, 0.717) is 25.5 Å². The van der Waals surface area contributed by atoms with Gasteiger partial charge in [-0.25, -0.2) is 0 Å². The molecule has 0 saturated heterocycles. The Morgan fingerprint density at radius 2 is 2.06 bits per heavy atom. The van der Waals surface area contributed by atoms with Gasteiger partial charge in [0.05, 0.1) is 6.61 Å². The number of ether oxygens (including phenoxy) is 1. The van der Waals surface area contributed by atoms with E-state index >= 15 is 0 Å². The fourth-order valence-electron chi connectivity index (χ4n) is 1.87. The zero-order valence-electron chi connectivity index (χ0n) is 10.4. The highest BCUT2D eigenvalue weighted by atomic mass is 16.5. The Kier molecular flexibility index (Phi) is 6.33. The third kappa shape index (κ3) is 5.00. The molecule has 0 saturated carbocycles. The van der Waals surface area contributed by atoms with Crippen LogP contribution in [0.2, 0.25) is 0 Å². The van der Waals surface area contributed by atoms with Crippen LogP contribution in [0.15, 0.2) is 30.3 Å². The number of carbonyl (C=O) groups excluding carboxylic acids is 1. The van der Waals surface area contributed by atoms with Crippen molar-refractivity contribution >= 4 is 5.97 Å². The molecule has 0 fully saturated rings. The molecule has 0 spiro atoms. The largest absolute Gasteiger partial charge is 0.466 e. The molecule has 0 aromatic heterocycles. The fraction of sp³-hybridized carbons (Fsp3) is 0.500. The Bertz CT molecular complexity index is 324. The summed E-state index contributed by atoms with van der Waals surface area (Å²) < 4.78 is 4.89. The Labute approximate surface area is 103 Å². The molecule has 2 N–H and O–H groups in total. The average Bonchev–Trinajstić information content (AvgIpc) is 2.36. The summed E-state index contributed by atoms with van der Waals surface area (Å²) in [4.78, 5) is 11.2. The SMILES string of the molecule is CCOC(=O)CCCC(CN)c1ccccc1. The van der Waals surface area contributed by atoms with Gasteiger partial charge in [0.25, 0.3) is 0 Å². The molecule has 1 atom stereocenters. The van der Waals surface area contributed by atoms with Gasteiger partial charge in [-0.3, -0.25) is 4.79 Å². The van der Waals surface area contributed by atoms with Crippen LogP contribution in [-0.2, 0) is 9.53 Å². The van der Waals surface area contributed by atoms with Crippen LogP contribution >= 0.6 is 0 Å². The molecule has 1 unspecified atom stereocenters. The van der Waals surface area contributed by atoms with Gasteiger partial charge >= 0.3 is 5.97 Å². The molecule has 0 radical (unpaired) electrons. The average molecular weight is 235 g/mol. The van der Waals surface area contributed by atoms with Crippen molar-refractivity contribution < 1.29 is 9.53 Å². The summed E-state index contributed by atoms with van der Waals surface area (Å²) in [6.45, 7) is 2.90. The quantitative estimate of drug-likeness (QED) is 0.739. The van der Waals surface area contributed by atoms with Gasteiger partial charge in [-0.2, -0.15) is 0 Å². The summed E-state index contributed by atoms with van der Waals surface area (Å²) in [6, 6.07) is 10.2. The van der Waals surface area contributed by atoms with Gasteiger partial charge in [-0.1, -0.05) is 30.3 Å². The van der Waals surface area contributed by atoms with E-state index in [0.717, 1.165) is 12.8 Å². The topological polar surface area (TPSA) is 52.3 Å². The summed E-state index contributed by atoms with van der Waals surface area (Å²) >= 11 is 0. The third-order valence-electron chi connectivity index (χ3n) is 2.79. The van der Waals surface area contributed by atoms with Crippen LogP contribution in [0.1, 0.15) is 37.7 Å². The second kappa shape index (κ2) is 7.85. The van der Waals surface area contributed by atoms with Gasteiger partial charge in [0.15, 0.2) is 0 Å². The highest BCUT2D eigenvalue weighted by Gasteiger charge is 2.10. The highest BCUT2D eigenvalue weighted by Crippen LogP contribution is 2.20. The highest BCUT2D eigenvalue weighted by molar-refractivity contribution is 5.69. The lowest BCUT2D eigenvalue weighted by Gasteiger charge is -2.14. The summed E-state index contributed by atoms with van der Waals surface area (Å²) in [5.41, 5.74) is 7.01. The maximum absolute atomic E-state index is 11.2. The lowest BCUT2D eigenvalue weighted by atomic mass is 9.94. The van der Waals surface area contributed by atoms with Crippen molar-refractivity contribution in [1.82, 2.24) is 0 Å². The van der Waals surface area contributed by atoms with Crippen molar-refractivity contribution in [3.05, 3.63) is 35.9 Å². The lowest BCUT2D eigenvalue weighted by molar-refractivity contribution is -0.143. The van der Waals surface area contributed by atoms with Crippen molar-refractivity contribution in [3.8, 4) is 0 Å². The first-order valence-electron chi connectivity index (χ1n) is 6.18. The van der Waals surface area contributed by atoms with E-state index in [1.54, 1.807) is 0 Å². The molecule has 1 rings (SSSR count). The van der Waals surface area contributed by atoms with E-state index < -0.39 is 0 Å². The van der Waals surface area contributed by atoms with Gasteiger partial charge in [0.2, 0.25) is 0 Å². The standard InChI is InChI=1S/C14H21NO2/c1-2-17-14(16)10-6-9-13(11-15)12-7-4-3-5-8-12/h3-5,7-8,13H,2,6,9-11,15H2,1H3. The first-order chi connectivity index (χ1) is 8.27. The van der Waals surface area contributed by atoms with Crippen LogP contribution in [0, 0.1) is 0 Å². The Morgan fingerprint density at radius 1 is 1.35 bits per heavy atom. The molecular weight excluding hydrogens is 214 g/mol. The van der Waals surface area contributed by atoms with E-state index in [1.165, 1.54) is 5.56 Å². The minimum absolute atomic E-state index is 0.115. The minimum Gasteiger partial charge on any atom is -0.466 e. The maximum Gasteiger partial charge on any atom is 0.305 e. The van der Waals surface area contributed by atoms with Gasteiger partial charge in [0, 0.05) is 6.42 Å². The first-order valence-corrected chi connectivity index (χ1v) is 6.18. The molecule has 1 aromatic rings. The zero-order chi connectivity index (χ0) is 12.5. The smallest absolute Gasteiger partial charge is 0.305 e. The van der Waals surface area contributed by atoms with E-state index in [4.69, 9.17) is 10.5 Å². The molecule has 0 aliphatic rings. The molecule has 0 aliphatic carbocycles. The summed E-state index contributed by atoms with van der Waals surface area (Å²) in [7, 11) is 0. The molecule has 3 heteroatoms. The van der Waals surface area contributed by atoms with Crippen molar-refractivity contribution in [1.29, 1.82) is 0 Å².